The van der Waals surface area contributed by atoms with Gasteiger partial charge in [-0.3, -0.25) is 4.99 Å². The van der Waals surface area contributed by atoms with Crippen molar-refractivity contribution in [1.29, 1.82) is 0 Å². The number of amidine groups is 1. The predicted molar refractivity (Wildman–Crippen MR) is 74.9 cm³/mol. The van der Waals surface area contributed by atoms with Crippen LogP contribution in [0.2, 0.25) is 0 Å². The van der Waals surface area contributed by atoms with Crippen LogP contribution >= 0.6 is 0 Å². The maximum atomic E-state index is 5.91. The summed E-state index contributed by atoms with van der Waals surface area (Å²) in [6, 6.07) is 9.86. The Morgan fingerprint density at radius 3 is 2.61 bits per heavy atom. The molecule has 3 nitrogen and oxygen atoms in total. The van der Waals surface area contributed by atoms with Crippen LogP contribution in [0.5, 0.6) is 0 Å². The number of nitrogens with zero attached hydrogens (tertiary/aromatic N) is 1. The molecule has 1 saturated carbocycles. The van der Waals surface area contributed by atoms with E-state index < -0.39 is 0 Å². The lowest BCUT2D eigenvalue weighted by molar-refractivity contribution is 0.0335. The lowest BCUT2D eigenvalue weighted by Crippen LogP contribution is -2.19. The molecule has 0 bridgehead atoms. The Hall–Kier alpha value is -1.35. The molecule has 1 fully saturated rings. The van der Waals surface area contributed by atoms with Gasteiger partial charge in [-0.05, 0) is 12.8 Å². The van der Waals surface area contributed by atoms with Gasteiger partial charge < -0.3 is 10.5 Å². The van der Waals surface area contributed by atoms with Crippen molar-refractivity contribution in [3.05, 3.63) is 35.9 Å². The normalized spacial score (nSPS) is 17.9. The van der Waals surface area contributed by atoms with Crippen molar-refractivity contribution < 1.29 is 4.74 Å². The standard InChI is InChI=1S/C15H22N2O/c16-15(13-7-3-1-4-8-13)17-11-12-18-14-9-5-2-6-10-14/h1,3-4,7-8,14H,2,5-6,9-12H2,(H2,16,17). The maximum Gasteiger partial charge on any atom is 0.125 e. The molecule has 0 amide bonds. The topological polar surface area (TPSA) is 47.6 Å². The van der Waals surface area contributed by atoms with E-state index >= 15 is 0 Å². The van der Waals surface area contributed by atoms with Crippen molar-refractivity contribution in [2.75, 3.05) is 13.2 Å². The summed E-state index contributed by atoms with van der Waals surface area (Å²) in [6.07, 6.45) is 6.83. The van der Waals surface area contributed by atoms with Crippen molar-refractivity contribution in [3.8, 4) is 0 Å². The van der Waals surface area contributed by atoms with Gasteiger partial charge in [-0.15, -0.1) is 0 Å². The molecule has 98 valence electrons. The fourth-order valence-corrected chi connectivity index (χ4v) is 2.32. The Bertz CT molecular complexity index is 369. The van der Waals surface area contributed by atoms with E-state index in [-0.39, 0.29) is 0 Å². The van der Waals surface area contributed by atoms with Crippen LogP contribution in [0, 0.1) is 0 Å². The van der Waals surface area contributed by atoms with E-state index in [1.54, 1.807) is 0 Å². The van der Waals surface area contributed by atoms with E-state index in [0.29, 0.717) is 25.1 Å². The van der Waals surface area contributed by atoms with Gasteiger partial charge in [0.1, 0.15) is 5.84 Å². The number of hydrogen-bond donors (Lipinski definition) is 1. The summed E-state index contributed by atoms with van der Waals surface area (Å²) >= 11 is 0. The Morgan fingerprint density at radius 1 is 1.17 bits per heavy atom. The number of nitrogens with two attached hydrogens (primary N) is 1. The maximum absolute atomic E-state index is 5.91. The fraction of sp³-hybridized carbons (Fsp3) is 0.533. The third-order valence-electron chi connectivity index (χ3n) is 3.35. The minimum Gasteiger partial charge on any atom is -0.384 e. The first-order valence-corrected chi connectivity index (χ1v) is 6.83. The van der Waals surface area contributed by atoms with Gasteiger partial charge in [-0.25, -0.2) is 0 Å². The minimum atomic E-state index is 0.451. The zero-order valence-electron chi connectivity index (χ0n) is 10.8. The van der Waals surface area contributed by atoms with Crippen LogP contribution < -0.4 is 5.73 Å². The molecule has 2 rings (SSSR count). The van der Waals surface area contributed by atoms with Gasteiger partial charge in [0.2, 0.25) is 0 Å². The number of ether oxygens (including phenoxy) is 1. The molecule has 0 aliphatic heterocycles. The highest BCUT2D eigenvalue weighted by atomic mass is 16.5. The number of benzene rings is 1. The van der Waals surface area contributed by atoms with Crippen LogP contribution in [0.4, 0.5) is 0 Å². The van der Waals surface area contributed by atoms with Crippen molar-refractivity contribution in [1.82, 2.24) is 0 Å². The Balaban J connectivity index is 1.70. The summed E-state index contributed by atoms with van der Waals surface area (Å²) in [6.45, 7) is 1.33. The zero-order chi connectivity index (χ0) is 12.6. The lowest BCUT2D eigenvalue weighted by atomic mass is 9.98. The van der Waals surface area contributed by atoms with Crippen molar-refractivity contribution in [2.45, 2.75) is 38.2 Å². The molecule has 1 aliphatic rings. The van der Waals surface area contributed by atoms with Crippen molar-refractivity contribution >= 4 is 5.84 Å². The van der Waals surface area contributed by atoms with Crippen molar-refractivity contribution in [3.63, 3.8) is 0 Å². The van der Waals surface area contributed by atoms with Crippen LogP contribution in [0.25, 0.3) is 0 Å². The third kappa shape index (κ3) is 4.15. The molecule has 1 aromatic carbocycles. The van der Waals surface area contributed by atoms with Crippen LogP contribution in [0.3, 0.4) is 0 Å². The highest BCUT2D eigenvalue weighted by Gasteiger charge is 2.12. The van der Waals surface area contributed by atoms with Crippen LogP contribution in [-0.2, 0) is 4.74 Å². The molecule has 0 spiro atoms. The molecule has 0 radical (unpaired) electrons. The Morgan fingerprint density at radius 2 is 1.89 bits per heavy atom. The summed E-state index contributed by atoms with van der Waals surface area (Å²) in [4.78, 5) is 4.35. The molecule has 18 heavy (non-hydrogen) atoms. The van der Waals surface area contributed by atoms with Gasteiger partial charge in [0, 0.05) is 5.56 Å². The van der Waals surface area contributed by atoms with E-state index in [1.807, 2.05) is 30.3 Å². The fourth-order valence-electron chi connectivity index (χ4n) is 2.32. The molecule has 0 aromatic heterocycles. The highest BCUT2D eigenvalue weighted by Crippen LogP contribution is 2.19. The second-order valence-electron chi connectivity index (χ2n) is 4.76. The van der Waals surface area contributed by atoms with E-state index in [2.05, 4.69) is 4.99 Å². The van der Waals surface area contributed by atoms with Gasteiger partial charge in [0.25, 0.3) is 0 Å². The molecule has 3 heteroatoms. The molecular formula is C15H22N2O. The molecular weight excluding hydrogens is 224 g/mol. The first-order valence-electron chi connectivity index (χ1n) is 6.83. The molecule has 2 N–H and O–H groups in total. The largest absolute Gasteiger partial charge is 0.384 e. The van der Waals surface area contributed by atoms with Crippen molar-refractivity contribution in [2.24, 2.45) is 10.7 Å². The van der Waals surface area contributed by atoms with Crippen LogP contribution in [0.1, 0.15) is 37.7 Å². The average Bonchev–Trinajstić information content (AvgIpc) is 2.45. The second kappa shape index (κ2) is 7.17. The van der Waals surface area contributed by atoms with Gasteiger partial charge in [-0.1, -0.05) is 49.6 Å². The first kappa shape index (κ1) is 13.1. The average molecular weight is 246 g/mol. The first-order chi connectivity index (χ1) is 8.86. The molecule has 0 heterocycles. The smallest absolute Gasteiger partial charge is 0.125 e. The SMILES string of the molecule is NC(=NCCOC1CCCCC1)c1ccccc1. The Labute approximate surface area is 109 Å². The van der Waals surface area contributed by atoms with Gasteiger partial charge in [0.05, 0.1) is 19.3 Å². The van der Waals surface area contributed by atoms with E-state index in [0.717, 1.165) is 5.56 Å². The summed E-state index contributed by atoms with van der Waals surface area (Å²) in [5.74, 6) is 0.600. The summed E-state index contributed by atoms with van der Waals surface area (Å²) in [5.41, 5.74) is 6.89. The van der Waals surface area contributed by atoms with Crippen LogP contribution in [0.15, 0.2) is 35.3 Å². The number of aliphatic imine (C=N–C) groups is 1. The van der Waals surface area contributed by atoms with E-state index in [4.69, 9.17) is 10.5 Å². The van der Waals surface area contributed by atoms with Gasteiger partial charge >= 0.3 is 0 Å². The molecule has 0 unspecified atom stereocenters. The number of hydrogen-bond acceptors (Lipinski definition) is 2. The quantitative estimate of drug-likeness (QED) is 0.493. The predicted octanol–water partition coefficient (Wildman–Crippen LogP) is 2.74. The summed E-state index contributed by atoms with van der Waals surface area (Å²) in [7, 11) is 0. The van der Waals surface area contributed by atoms with Gasteiger partial charge in [0.15, 0.2) is 0 Å². The third-order valence-corrected chi connectivity index (χ3v) is 3.35. The molecule has 0 atom stereocenters. The minimum absolute atomic E-state index is 0.451. The van der Waals surface area contributed by atoms with Crippen LogP contribution in [-0.4, -0.2) is 25.1 Å². The monoisotopic (exact) mass is 246 g/mol. The van der Waals surface area contributed by atoms with E-state index in [9.17, 15) is 0 Å². The molecule has 0 saturated heterocycles. The number of rotatable bonds is 5. The van der Waals surface area contributed by atoms with Gasteiger partial charge in [-0.2, -0.15) is 0 Å². The summed E-state index contributed by atoms with van der Waals surface area (Å²) in [5, 5.41) is 0. The molecule has 1 aromatic rings. The Kier molecular flexibility index (Phi) is 5.21. The highest BCUT2D eigenvalue weighted by molar-refractivity contribution is 5.97. The second-order valence-corrected chi connectivity index (χ2v) is 4.76. The summed E-state index contributed by atoms with van der Waals surface area (Å²) < 4.78 is 5.81. The van der Waals surface area contributed by atoms with E-state index in [1.165, 1.54) is 32.1 Å². The zero-order valence-corrected chi connectivity index (χ0v) is 10.8. The molecule has 1 aliphatic carbocycles. The lowest BCUT2D eigenvalue weighted by Gasteiger charge is -2.21.